The number of nitrogens with one attached hydrogen (secondary N) is 1. The molecule has 3 aromatic rings. The zero-order chi connectivity index (χ0) is 11.7. The number of aromatic amines is 1. The van der Waals surface area contributed by atoms with Gasteiger partial charge in [-0.25, -0.2) is 4.98 Å². The number of H-pyrrole nitrogens is 1. The summed E-state index contributed by atoms with van der Waals surface area (Å²) in [5, 5.41) is 0. The Kier molecular flexibility index (Phi) is 2.41. The van der Waals surface area contributed by atoms with E-state index in [1.807, 2.05) is 24.3 Å². The van der Waals surface area contributed by atoms with Gasteiger partial charge in [-0.3, -0.25) is 0 Å². The summed E-state index contributed by atoms with van der Waals surface area (Å²) in [6.45, 7) is 2.09. The number of hydrogen-bond donors (Lipinski definition) is 1. The number of hydrogen-bond acceptors (Lipinski definition) is 1. The van der Waals surface area contributed by atoms with Gasteiger partial charge in [0.1, 0.15) is 5.82 Å². The van der Waals surface area contributed by atoms with Crippen LogP contribution in [-0.2, 0) is 0 Å². The van der Waals surface area contributed by atoms with Gasteiger partial charge < -0.3 is 4.98 Å². The largest absolute Gasteiger partial charge is 0.341 e. The van der Waals surface area contributed by atoms with Crippen molar-refractivity contribution in [2.45, 2.75) is 6.92 Å². The van der Waals surface area contributed by atoms with E-state index in [0.29, 0.717) is 0 Å². The van der Waals surface area contributed by atoms with Gasteiger partial charge in [-0.1, -0.05) is 42.0 Å². The predicted octanol–water partition coefficient (Wildman–Crippen LogP) is 3.47. The molecule has 17 heavy (non-hydrogen) atoms. The predicted molar refractivity (Wildman–Crippen MR) is 69.8 cm³/mol. The van der Waals surface area contributed by atoms with Crippen LogP contribution < -0.4 is 0 Å². The summed E-state index contributed by atoms with van der Waals surface area (Å²) >= 11 is 0. The number of aromatic nitrogens is 2. The average Bonchev–Trinajstić information content (AvgIpc) is 2.74. The van der Waals surface area contributed by atoms with Crippen LogP contribution in [0.5, 0.6) is 0 Å². The van der Waals surface area contributed by atoms with Crippen LogP contribution in [0.4, 0.5) is 0 Å². The van der Waals surface area contributed by atoms with E-state index in [9.17, 15) is 0 Å². The molecule has 83 valence electrons. The van der Waals surface area contributed by atoms with Crippen LogP contribution in [0.2, 0.25) is 0 Å². The summed E-state index contributed by atoms with van der Waals surface area (Å²) < 4.78 is 0. The highest BCUT2D eigenvalue weighted by molar-refractivity contribution is 5.75. The van der Waals surface area contributed by atoms with Crippen molar-refractivity contribution in [2.24, 2.45) is 0 Å². The number of benzene rings is 2. The number of rotatable bonds is 2. The Hall–Kier alpha value is -2.09. The molecular formula is C15H13N2. The number of para-hydroxylation sites is 2. The smallest absolute Gasteiger partial charge is 0.115 e. The molecule has 0 aliphatic heterocycles. The number of fused-ring (bicyclic) bond motifs is 1. The average molecular weight is 221 g/mol. The minimum atomic E-state index is 0.898. The molecule has 0 saturated heterocycles. The van der Waals surface area contributed by atoms with Crippen molar-refractivity contribution in [1.82, 2.24) is 9.97 Å². The Morgan fingerprint density at radius 3 is 2.53 bits per heavy atom. The van der Waals surface area contributed by atoms with Crippen molar-refractivity contribution in [3.63, 3.8) is 0 Å². The highest BCUT2D eigenvalue weighted by Gasteiger charge is 2.03. The molecule has 0 spiro atoms. The third kappa shape index (κ3) is 2.07. The molecule has 2 aromatic carbocycles. The SMILES string of the molecule is Cc1ccc([CH]c2nc3ccccc3[nH]2)cc1. The fraction of sp³-hybridized carbons (Fsp3) is 0.0667. The standard InChI is InChI=1S/C15H13N2/c1-11-6-8-12(9-7-11)10-15-16-13-4-2-3-5-14(13)17-15/h2-10H,1H3,(H,16,17). The van der Waals surface area contributed by atoms with E-state index in [1.165, 1.54) is 5.56 Å². The van der Waals surface area contributed by atoms with E-state index >= 15 is 0 Å². The maximum Gasteiger partial charge on any atom is 0.115 e. The van der Waals surface area contributed by atoms with Gasteiger partial charge in [0.25, 0.3) is 0 Å². The molecule has 0 bridgehead atoms. The zero-order valence-electron chi connectivity index (χ0n) is 9.64. The summed E-state index contributed by atoms with van der Waals surface area (Å²) in [4.78, 5) is 7.81. The molecule has 1 aromatic heterocycles. The van der Waals surface area contributed by atoms with Gasteiger partial charge in [0.2, 0.25) is 0 Å². The second kappa shape index (κ2) is 4.06. The quantitative estimate of drug-likeness (QED) is 0.705. The van der Waals surface area contributed by atoms with Crippen LogP contribution in [0, 0.1) is 13.3 Å². The van der Waals surface area contributed by atoms with Gasteiger partial charge in [0, 0.05) is 0 Å². The van der Waals surface area contributed by atoms with Crippen LogP contribution in [0.25, 0.3) is 11.0 Å². The minimum Gasteiger partial charge on any atom is -0.341 e. The van der Waals surface area contributed by atoms with Gasteiger partial charge in [-0.2, -0.15) is 0 Å². The van der Waals surface area contributed by atoms with Crippen molar-refractivity contribution in [2.75, 3.05) is 0 Å². The van der Waals surface area contributed by atoms with Crippen molar-refractivity contribution in [3.05, 3.63) is 71.9 Å². The first-order valence-corrected chi connectivity index (χ1v) is 5.67. The lowest BCUT2D eigenvalue weighted by Gasteiger charge is -1.98. The Labute approximate surface area is 100 Å². The molecule has 2 nitrogen and oxygen atoms in total. The first kappa shape index (κ1) is 10.1. The second-order valence-electron chi connectivity index (χ2n) is 4.19. The summed E-state index contributed by atoms with van der Waals surface area (Å²) in [5.74, 6) is 0.898. The molecule has 3 rings (SSSR count). The topological polar surface area (TPSA) is 28.7 Å². The molecule has 2 heteroatoms. The van der Waals surface area contributed by atoms with E-state index in [0.717, 1.165) is 22.4 Å². The number of nitrogens with zero attached hydrogens (tertiary/aromatic N) is 1. The first-order chi connectivity index (χ1) is 8.31. The van der Waals surface area contributed by atoms with Crippen molar-refractivity contribution in [3.8, 4) is 0 Å². The van der Waals surface area contributed by atoms with Crippen molar-refractivity contribution >= 4 is 11.0 Å². The molecule has 1 N–H and O–H groups in total. The van der Waals surface area contributed by atoms with Crippen LogP contribution in [-0.4, -0.2) is 9.97 Å². The monoisotopic (exact) mass is 221 g/mol. The molecule has 1 radical (unpaired) electrons. The fourth-order valence-electron chi connectivity index (χ4n) is 1.86. The second-order valence-corrected chi connectivity index (χ2v) is 4.19. The lowest BCUT2D eigenvalue weighted by molar-refractivity contribution is 1.19. The number of imidazole rings is 1. The highest BCUT2D eigenvalue weighted by atomic mass is 14.9. The lowest BCUT2D eigenvalue weighted by atomic mass is 10.1. The minimum absolute atomic E-state index is 0.898. The molecule has 0 aliphatic rings. The van der Waals surface area contributed by atoms with Gasteiger partial charge >= 0.3 is 0 Å². The molecule has 0 saturated carbocycles. The third-order valence-electron chi connectivity index (χ3n) is 2.79. The zero-order valence-corrected chi connectivity index (χ0v) is 9.64. The van der Waals surface area contributed by atoms with Crippen molar-refractivity contribution in [1.29, 1.82) is 0 Å². The fourth-order valence-corrected chi connectivity index (χ4v) is 1.86. The highest BCUT2D eigenvalue weighted by Crippen LogP contribution is 2.15. The molecule has 0 unspecified atom stereocenters. The van der Waals surface area contributed by atoms with E-state index in [2.05, 4.69) is 47.6 Å². The lowest BCUT2D eigenvalue weighted by Crippen LogP contribution is -1.87. The van der Waals surface area contributed by atoms with Gasteiger partial charge in [-0.05, 0) is 24.6 Å². The molecule has 0 atom stereocenters. The van der Waals surface area contributed by atoms with E-state index < -0.39 is 0 Å². The summed E-state index contributed by atoms with van der Waals surface area (Å²) in [5.41, 5.74) is 4.51. The molecule has 0 fully saturated rings. The van der Waals surface area contributed by atoms with E-state index in [-0.39, 0.29) is 0 Å². The van der Waals surface area contributed by atoms with E-state index in [1.54, 1.807) is 0 Å². The third-order valence-corrected chi connectivity index (χ3v) is 2.79. The van der Waals surface area contributed by atoms with Crippen LogP contribution >= 0.6 is 0 Å². The summed E-state index contributed by atoms with van der Waals surface area (Å²) in [6.07, 6.45) is 2.06. The first-order valence-electron chi connectivity index (χ1n) is 5.67. The molecule has 0 amide bonds. The van der Waals surface area contributed by atoms with Gasteiger partial charge in [0.15, 0.2) is 0 Å². The Bertz CT molecular complexity index is 602. The molecule has 1 heterocycles. The molecule has 0 aliphatic carbocycles. The number of aryl methyl sites for hydroxylation is 1. The summed E-state index contributed by atoms with van der Waals surface area (Å²) in [7, 11) is 0. The van der Waals surface area contributed by atoms with Crippen LogP contribution in [0.15, 0.2) is 48.5 Å². The van der Waals surface area contributed by atoms with Crippen LogP contribution in [0.3, 0.4) is 0 Å². The van der Waals surface area contributed by atoms with Crippen LogP contribution in [0.1, 0.15) is 17.0 Å². The summed E-state index contributed by atoms with van der Waals surface area (Å²) in [6, 6.07) is 16.5. The Morgan fingerprint density at radius 1 is 1.00 bits per heavy atom. The van der Waals surface area contributed by atoms with Crippen molar-refractivity contribution < 1.29 is 0 Å². The van der Waals surface area contributed by atoms with Gasteiger partial charge in [0.05, 0.1) is 17.5 Å². The van der Waals surface area contributed by atoms with E-state index in [4.69, 9.17) is 0 Å². The van der Waals surface area contributed by atoms with Gasteiger partial charge in [-0.15, -0.1) is 0 Å². The Morgan fingerprint density at radius 2 is 1.76 bits per heavy atom. The maximum atomic E-state index is 4.52. The molecular weight excluding hydrogens is 208 g/mol. The maximum absolute atomic E-state index is 4.52. The Balaban J connectivity index is 1.92. The normalized spacial score (nSPS) is 10.9.